The Labute approximate surface area is 194 Å². The third-order valence-corrected chi connectivity index (χ3v) is 4.17. The molecule has 0 aliphatic carbocycles. The number of carbonyl (C=O) groups is 3. The molecule has 0 atom stereocenters. The fourth-order valence-corrected chi connectivity index (χ4v) is 2.66. The molecule has 10 nitrogen and oxygen atoms in total. The second-order valence-corrected chi connectivity index (χ2v) is 7.19. The number of hydrogen-bond donors (Lipinski definition) is 3. The van der Waals surface area contributed by atoms with Gasteiger partial charge < -0.3 is 20.0 Å². The number of amides is 1. The molecule has 16 heteroatoms. The molecule has 1 aliphatic heterocycles. The summed E-state index contributed by atoms with van der Waals surface area (Å²) in [6.45, 7) is 2.13. The van der Waals surface area contributed by atoms with Crippen molar-refractivity contribution in [3.05, 3.63) is 47.0 Å². The van der Waals surface area contributed by atoms with Crippen molar-refractivity contribution < 1.29 is 50.9 Å². The molecule has 3 N–H and O–H groups in total. The second kappa shape index (κ2) is 12.1. The number of nitrogens with zero attached hydrogens (tertiary/aromatic N) is 4. The lowest BCUT2D eigenvalue weighted by molar-refractivity contribution is -0.193. The van der Waals surface area contributed by atoms with Gasteiger partial charge in [0.15, 0.2) is 0 Å². The minimum absolute atomic E-state index is 0.0255. The number of aromatic amines is 1. The fraction of sp³-hybridized carbons (Fsp3) is 0.421. The van der Waals surface area contributed by atoms with Crippen LogP contribution in [0.15, 0.2) is 24.5 Å². The molecule has 0 unspecified atom stereocenters. The summed E-state index contributed by atoms with van der Waals surface area (Å²) < 4.78 is 63.5. The van der Waals surface area contributed by atoms with Gasteiger partial charge in [-0.15, -0.1) is 0 Å². The molecule has 3 rings (SSSR count). The first-order valence-electron chi connectivity index (χ1n) is 9.53. The van der Waals surface area contributed by atoms with Gasteiger partial charge in [-0.25, -0.2) is 9.59 Å². The number of halogens is 6. The maximum Gasteiger partial charge on any atom is 0.490 e. The van der Waals surface area contributed by atoms with Gasteiger partial charge in [-0.05, 0) is 32.6 Å². The Kier molecular flexibility index (Phi) is 10.2. The van der Waals surface area contributed by atoms with E-state index in [0.29, 0.717) is 12.1 Å². The Morgan fingerprint density at radius 3 is 2.06 bits per heavy atom. The van der Waals surface area contributed by atoms with Crippen molar-refractivity contribution in [1.82, 2.24) is 25.0 Å². The predicted octanol–water partition coefficient (Wildman–Crippen LogP) is 2.33. The summed E-state index contributed by atoms with van der Waals surface area (Å²) in [7, 11) is 4.06. The molecule has 2 aromatic heterocycles. The smallest absolute Gasteiger partial charge is 0.475 e. The molecular weight excluding hydrogens is 492 g/mol. The molecule has 0 aromatic carbocycles. The number of H-pyrrole nitrogens is 1. The number of aliphatic carboxylic acids is 2. The van der Waals surface area contributed by atoms with Crippen molar-refractivity contribution in [1.29, 1.82) is 0 Å². The average Bonchev–Trinajstić information content (AvgIpc) is 3.14. The van der Waals surface area contributed by atoms with Crippen molar-refractivity contribution in [2.45, 2.75) is 31.9 Å². The number of fused-ring (bicyclic) bond motifs is 1. The van der Waals surface area contributed by atoms with Crippen LogP contribution in [0.1, 0.15) is 27.3 Å². The summed E-state index contributed by atoms with van der Waals surface area (Å²) in [5, 5.41) is 21.7. The van der Waals surface area contributed by atoms with E-state index in [0.717, 1.165) is 30.9 Å². The van der Waals surface area contributed by atoms with Crippen LogP contribution >= 0.6 is 0 Å². The monoisotopic (exact) mass is 513 g/mol. The Morgan fingerprint density at radius 2 is 1.63 bits per heavy atom. The standard InChI is InChI=1S/C15H19N5O.2C2HF3O2/c1-19(2)9-13-12-5-7-20(10-14(12)18-17-13)15(21)11-4-3-6-16-8-11;2*3-2(4,5)1(6)7/h3-4,6,8H,5,7,9-10H2,1-2H3,(H,17,18);2*(H,6,7). The summed E-state index contributed by atoms with van der Waals surface area (Å²) in [6, 6.07) is 3.59. The molecule has 1 amide bonds. The van der Waals surface area contributed by atoms with Crippen LogP contribution in [0.3, 0.4) is 0 Å². The molecule has 1 aliphatic rings. The van der Waals surface area contributed by atoms with E-state index in [9.17, 15) is 31.1 Å². The van der Waals surface area contributed by atoms with Crippen molar-refractivity contribution in [3.63, 3.8) is 0 Å². The maximum atomic E-state index is 12.4. The van der Waals surface area contributed by atoms with Crippen LogP contribution < -0.4 is 0 Å². The number of nitrogens with one attached hydrogen (secondary N) is 1. The third-order valence-electron chi connectivity index (χ3n) is 4.17. The van der Waals surface area contributed by atoms with E-state index >= 15 is 0 Å². The molecular formula is C19H21F6N5O5. The summed E-state index contributed by atoms with van der Waals surface area (Å²) in [5.41, 5.74) is 4.03. The molecule has 0 saturated carbocycles. The number of hydrogen-bond acceptors (Lipinski definition) is 6. The van der Waals surface area contributed by atoms with Gasteiger partial charge >= 0.3 is 24.3 Å². The van der Waals surface area contributed by atoms with Gasteiger partial charge in [0.25, 0.3) is 5.91 Å². The van der Waals surface area contributed by atoms with Crippen molar-refractivity contribution in [2.75, 3.05) is 20.6 Å². The van der Waals surface area contributed by atoms with Gasteiger partial charge in [-0.1, -0.05) is 0 Å². The zero-order chi connectivity index (χ0) is 27.0. The molecule has 0 spiro atoms. The van der Waals surface area contributed by atoms with Gasteiger partial charge in [-0.3, -0.25) is 14.9 Å². The van der Waals surface area contributed by atoms with Crippen molar-refractivity contribution >= 4 is 17.8 Å². The highest BCUT2D eigenvalue weighted by molar-refractivity contribution is 5.94. The summed E-state index contributed by atoms with van der Waals surface area (Å²) >= 11 is 0. The zero-order valence-electron chi connectivity index (χ0n) is 18.3. The molecule has 35 heavy (non-hydrogen) atoms. The van der Waals surface area contributed by atoms with E-state index in [1.165, 1.54) is 5.56 Å². The van der Waals surface area contributed by atoms with E-state index in [2.05, 4.69) is 20.1 Å². The summed E-state index contributed by atoms with van der Waals surface area (Å²) in [5.74, 6) is -5.49. The predicted molar refractivity (Wildman–Crippen MR) is 106 cm³/mol. The van der Waals surface area contributed by atoms with E-state index in [4.69, 9.17) is 19.8 Å². The first-order chi connectivity index (χ1) is 16.0. The zero-order valence-corrected chi connectivity index (χ0v) is 18.3. The topological polar surface area (TPSA) is 140 Å². The van der Waals surface area contributed by atoms with Crippen LogP contribution in [0.5, 0.6) is 0 Å². The molecule has 0 bridgehead atoms. The van der Waals surface area contributed by atoms with Crippen molar-refractivity contribution in [3.8, 4) is 0 Å². The van der Waals surface area contributed by atoms with Gasteiger partial charge in [0.05, 0.1) is 23.5 Å². The number of carbonyl (C=O) groups excluding carboxylic acids is 1. The van der Waals surface area contributed by atoms with Crippen LogP contribution in [-0.4, -0.2) is 86.0 Å². The molecule has 2 aromatic rings. The first kappa shape index (κ1) is 29.3. The van der Waals surface area contributed by atoms with Crippen LogP contribution in [0.2, 0.25) is 0 Å². The van der Waals surface area contributed by atoms with Crippen molar-refractivity contribution in [2.24, 2.45) is 0 Å². The lowest BCUT2D eigenvalue weighted by Gasteiger charge is -2.27. The van der Waals surface area contributed by atoms with E-state index in [1.54, 1.807) is 24.5 Å². The van der Waals surface area contributed by atoms with Gasteiger partial charge in [-0.2, -0.15) is 31.4 Å². The normalized spacial score (nSPS) is 13.1. The fourth-order valence-electron chi connectivity index (χ4n) is 2.66. The lowest BCUT2D eigenvalue weighted by atomic mass is 10.0. The number of alkyl halides is 6. The average molecular weight is 513 g/mol. The van der Waals surface area contributed by atoms with Crippen LogP contribution in [0, 0.1) is 0 Å². The highest BCUT2D eigenvalue weighted by Gasteiger charge is 2.38. The molecule has 194 valence electrons. The second-order valence-electron chi connectivity index (χ2n) is 7.19. The number of rotatable bonds is 3. The van der Waals surface area contributed by atoms with Crippen LogP contribution in [0.4, 0.5) is 26.3 Å². The molecule has 3 heterocycles. The number of pyridine rings is 1. The largest absolute Gasteiger partial charge is 0.490 e. The highest BCUT2D eigenvalue weighted by atomic mass is 19.4. The summed E-state index contributed by atoms with van der Waals surface area (Å²) in [4.78, 5) is 38.2. The van der Waals surface area contributed by atoms with Gasteiger partial charge in [0.2, 0.25) is 0 Å². The number of carboxylic acid groups (broad SMARTS) is 2. The molecule has 0 radical (unpaired) electrons. The maximum absolute atomic E-state index is 12.4. The van der Waals surface area contributed by atoms with Crippen LogP contribution in [-0.2, 0) is 29.1 Å². The minimum atomic E-state index is -5.08. The van der Waals surface area contributed by atoms with E-state index < -0.39 is 24.3 Å². The van der Waals surface area contributed by atoms with E-state index in [-0.39, 0.29) is 5.91 Å². The number of aromatic nitrogens is 3. The van der Waals surface area contributed by atoms with Crippen LogP contribution in [0.25, 0.3) is 0 Å². The highest BCUT2D eigenvalue weighted by Crippen LogP contribution is 2.22. The quantitative estimate of drug-likeness (QED) is 0.532. The molecule has 0 saturated heterocycles. The Bertz CT molecular complexity index is 984. The first-order valence-corrected chi connectivity index (χ1v) is 9.53. The Morgan fingerprint density at radius 1 is 1.09 bits per heavy atom. The Balaban J connectivity index is 0.000000362. The minimum Gasteiger partial charge on any atom is -0.475 e. The van der Waals surface area contributed by atoms with E-state index in [1.807, 2.05) is 19.0 Å². The SMILES string of the molecule is CN(C)Cc1n[nH]c2c1CCN(C(=O)c1cccnc1)C2.O=C(O)C(F)(F)F.O=C(O)C(F)(F)F. The molecule has 0 fully saturated rings. The summed E-state index contributed by atoms with van der Waals surface area (Å²) in [6.07, 6.45) is -6.03. The third kappa shape index (κ3) is 9.60. The van der Waals surface area contributed by atoms with Gasteiger partial charge in [0, 0.05) is 31.0 Å². The Hall–Kier alpha value is -3.69. The lowest BCUT2D eigenvalue weighted by Crippen LogP contribution is -2.36. The number of carboxylic acids is 2. The van der Waals surface area contributed by atoms with Gasteiger partial charge in [0.1, 0.15) is 0 Å².